The molecule has 5 heteroatoms. The van der Waals surface area contributed by atoms with Gasteiger partial charge in [0.1, 0.15) is 5.69 Å². The standard InChI is InChI=1S/C13H15ClN2O2/c1-16-11-8-10(14)4-3-9(11)7-12(16)13(18)15-5-2-6-17/h3-4,7-8,17H,2,5-6H2,1H3,(H,15,18). The summed E-state index contributed by atoms with van der Waals surface area (Å²) in [5.74, 6) is -0.140. The summed E-state index contributed by atoms with van der Waals surface area (Å²) in [6, 6.07) is 7.36. The van der Waals surface area contributed by atoms with Crippen molar-refractivity contribution in [1.29, 1.82) is 0 Å². The number of aryl methyl sites for hydroxylation is 1. The molecule has 0 saturated heterocycles. The van der Waals surface area contributed by atoms with E-state index in [1.807, 2.05) is 29.8 Å². The number of benzene rings is 1. The minimum atomic E-state index is -0.140. The highest BCUT2D eigenvalue weighted by Crippen LogP contribution is 2.22. The zero-order chi connectivity index (χ0) is 13.1. The van der Waals surface area contributed by atoms with Crippen molar-refractivity contribution >= 4 is 28.4 Å². The molecule has 1 heterocycles. The van der Waals surface area contributed by atoms with Gasteiger partial charge in [0.15, 0.2) is 0 Å². The maximum atomic E-state index is 11.9. The van der Waals surface area contributed by atoms with Crippen LogP contribution in [0.5, 0.6) is 0 Å². The normalized spacial score (nSPS) is 10.8. The van der Waals surface area contributed by atoms with E-state index in [4.69, 9.17) is 16.7 Å². The molecule has 96 valence electrons. The zero-order valence-electron chi connectivity index (χ0n) is 10.1. The Morgan fingerprint density at radius 3 is 2.94 bits per heavy atom. The summed E-state index contributed by atoms with van der Waals surface area (Å²) in [4.78, 5) is 11.9. The van der Waals surface area contributed by atoms with Gasteiger partial charge in [-0.25, -0.2) is 0 Å². The van der Waals surface area contributed by atoms with E-state index >= 15 is 0 Å². The molecule has 4 nitrogen and oxygen atoms in total. The van der Waals surface area contributed by atoms with Gasteiger partial charge in [-0.15, -0.1) is 0 Å². The van der Waals surface area contributed by atoms with Gasteiger partial charge in [-0.3, -0.25) is 4.79 Å². The molecule has 2 rings (SSSR count). The number of aliphatic hydroxyl groups excluding tert-OH is 1. The van der Waals surface area contributed by atoms with E-state index in [1.165, 1.54) is 0 Å². The zero-order valence-corrected chi connectivity index (χ0v) is 10.9. The molecule has 0 atom stereocenters. The summed E-state index contributed by atoms with van der Waals surface area (Å²) < 4.78 is 1.81. The monoisotopic (exact) mass is 266 g/mol. The number of nitrogens with zero attached hydrogens (tertiary/aromatic N) is 1. The van der Waals surface area contributed by atoms with E-state index in [-0.39, 0.29) is 12.5 Å². The molecule has 1 aromatic heterocycles. The summed E-state index contributed by atoms with van der Waals surface area (Å²) in [6.07, 6.45) is 0.557. The van der Waals surface area contributed by atoms with Crippen LogP contribution in [0.4, 0.5) is 0 Å². The lowest BCUT2D eigenvalue weighted by Gasteiger charge is -2.05. The van der Waals surface area contributed by atoms with E-state index in [0.29, 0.717) is 23.7 Å². The minimum absolute atomic E-state index is 0.0744. The first kappa shape index (κ1) is 12.9. The smallest absolute Gasteiger partial charge is 0.267 e. The number of hydrogen-bond donors (Lipinski definition) is 2. The predicted octanol–water partition coefficient (Wildman–Crippen LogP) is 1.94. The average molecular weight is 267 g/mol. The molecular formula is C13H15ClN2O2. The maximum Gasteiger partial charge on any atom is 0.267 e. The number of hydrogen-bond acceptors (Lipinski definition) is 2. The largest absolute Gasteiger partial charge is 0.396 e. The lowest BCUT2D eigenvalue weighted by molar-refractivity contribution is 0.0943. The van der Waals surface area contributed by atoms with Gasteiger partial charge >= 0.3 is 0 Å². The van der Waals surface area contributed by atoms with Crippen molar-refractivity contribution in [3.63, 3.8) is 0 Å². The highest BCUT2D eigenvalue weighted by Gasteiger charge is 2.12. The summed E-state index contributed by atoms with van der Waals surface area (Å²) in [5, 5.41) is 13.1. The Kier molecular flexibility index (Phi) is 3.89. The topological polar surface area (TPSA) is 54.3 Å². The summed E-state index contributed by atoms with van der Waals surface area (Å²) in [5.41, 5.74) is 1.51. The Hall–Kier alpha value is -1.52. The third kappa shape index (κ3) is 2.49. The van der Waals surface area contributed by atoms with Gasteiger partial charge < -0.3 is 15.0 Å². The fraction of sp³-hybridized carbons (Fsp3) is 0.308. The lowest BCUT2D eigenvalue weighted by Crippen LogP contribution is -2.26. The van der Waals surface area contributed by atoms with Crippen LogP contribution in [0.2, 0.25) is 5.02 Å². The molecule has 0 saturated carbocycles. The van der Waals surface area contributed by atoms with E-state index in [0.717, 1.165) is 10.9 Å². The third-order valence-electron chi connectivity index (χ3n) is 2.86. The maximum absolute atomic E-state index is 11.9. The van der Waals surface area contributed by atoms with Crippen LogP contribution >= 0.6 is 11.6 Å². The molecule has 1 aromatic carbocycles. The molecule has 0 spiro atoms. The molecule has 2 aromatic rings. The summed E-state index contributed by atoms with van der Waals surface area (Å²) in [6.45, 7) is 0.544. The predicted molar refractivity (Wildman–Crippen MR) is 72.0 cm³/mol. The number of rotatable bonds is 4. The number of carbonyl (C=O) groups is 1. The van der Waals surface area contributed by atoms with Crippen molar-refractivity contribution in [2.75, 3.05) is 13.2 Å². The van der Waals surface area contributed by atoms with Crippen LogP contribution in [0.15, 0.2) is 24.3 Å². The SMILES string of the molecule is Cn1c(C(=O)NCCCO)cc2ccc(Cl)cc21. The van der Waals surface area contributed by atoms with Crippen molar-refractivity contribution in [3.8, 4) is 0 Å². The average Bonchev–Trinajstić information content (AvgIpc) is 2.67. The molecule has 2 N–H and O–H groups in total. The Morgan fingerprint density at radius 2 is 2.22 bits per heavy atom. The Balaban J connectivity index is 2.28. The molecular weight excluding hydrogens is 252 g/mol. The van der Waals surface area contributed by atoms with Crippen LogP contribution in [0, 0.1) is 0 Å². The second kappa shape index (κ2) is 5.42. The number of aromatic nitrogens is 1. The number of halogens is 1. The van der Waals surface area contributed by atoms with Gasteiger partial charge in [0.25, 0.3) is 5.91 Å². The van der Waals surface area contributed by atoms with Gasteiger partial charge in [-0.2, -0.15) is 0 Å². The van der Waals surface area contributed by atoms with Crippen LogP contribution in [-0.2, 0) is 7.05 Å². The van der Waals surface area contributed by atoms with Gasteiger partial charge in [0.2, 0.25) is 0 Å². The summed E-state index contributed by atoms with van der Waals surface area (Å²) >= 11 is 5.94. The first-order valence-electron chi connectivity index (χ1n) is 5.77. The van der Waals surface area contributed by atoms with E-state index in [1.54, 1.807) is 6.07 Å². The Morgan fingerprint density at radius 1 is 1.44 bits per heavy atom. The van der Waals surface area contributed by atoms with Gasteiger partial charge in [0.05, 0.1) is 0 Å². The molecule has 0 fully saturated rings. The molecule has 0 radical (unpaired) electrons. The quantitative estimate of drug-likeness (QED) is 0.831. The minimum Gasteiger partial charge on any atom is -0.396 e. The Labute approximate surface area is 110 Å². The number of aliphatic hydroxyl groups is 1. The van der Waals surface area contributed by atoms with Crippen LogP contribution in [-0.4, -0.2) is 28.7 Å². The first-order valence-corrected chi connectivity index (χ1v) is 6.15. The highest BCUT2D eigenvalue weighted by atomic mass is 35.5. The second-order valence-corrected chi connectivity index (χ2v) is 4.56. The number of fused-ring (bicyclic) bond motifs is 1. The number of carbonyl (C=O) groups excluding carboxylic acids is 1. The number of nitrogens with one attached hydrogen (secondary N) is 1. The molecule has 0 aliphatic heterocycles. The lowest BCUT2D eigenvalue weighted by atomic mass is 10.2. The van der Waals surface area contributed by atoms with Crippen LogP contribution < -0.4 is 5.32 Å². The van der Waals surface area contributed by atoms with Crippen LogP contribution in [0.1, 0.15) is 16.9 Å². The van der Waals surface area contributed by atoms with Crippen molar-refractivity contribution in [2.24, 2.45) is 7.05 Å². The first-order chi connectivity index (χ1) is 8.63. The number of amides is 1. The van der Waals surface area contributed by atoms with Gasteiger partial charge in [0, 0.05) is 36.1 Å². The molecule has 0 unspecified atom stereocenters. The van der Waals surface area contributed by atoms with E-state index in [2.05, 4.69) is 5.32 Å². The van der Waals surface area contributed by atoms with Crippen molar-refractivity contribution < 1.29 is 9.90 Å². The van der Waals surface area contributed by atoms with E-state index in [9.17, 15) is 4.79 Å². The molecule has 0 aliphatic rings. The van der Waals surface area contributed by atoms with Crippen LogP contribution in [0.25, 0.3) is 10.9 Å². The van der Waals surface area contributed by atoms with Crippen molar-refractivity contribution in [1.82, 2.24) is 9.88 Å². The Bertz CT molecular complexity index is 578. The van der Waals surface area contributed by atoms with Gasteiger partial charge in [-0.1, -0.05) is 17.7 Å². The fourth-order valence-electron chi connectivity index (χ4n) is 1.89. The van der Waals surface area contributed by atoms with Crippen LogP contribution in [0.3, 0.4) is 0 Å². The second-order valence-electron chi connectivity index (χ2n) is 4.12. The van der Waals surface area contributed by atoms with Crippen molar-refractivity contribution in [2.45, 2.75) is 6.42 Å². The van der Waals surface area contributed by atoms with Crippen molar-refractivity contribution in [3.05, 3.63) is 35.0 Å². The molecule has 1 amide bonds. The third-order valence-corrected chi connectivity index (χ3v) is 3.10. The molecule has 18 heavy (non-hydrogen) atoms. The summed E-state index contributed by atoms with van der Waals surface area (Å²) in [7, 11) is 1.83. The molecule has 0 bridgehead atoms. The van der Waals surface area contributed by atoms with E-state index < -0.39 is 0 Å². The molecule has 0 aliphatic carbocycles. The highest BCUT2D eigenvalue weighted by molar-refractivity contribution is 6.31. The fourth-order valence-corrected chi connectivity index (χ4v) is 2.06. The van der Waals surface area contributed by atoms with Gasteiger partial charge in [-0.05, 0) is 24.6 Å².